The Morgan fingerprint density at radius 2 is 1.95 bits per heavy atom. The summed E-state index contributed by atoms with van der Waals surface area (Å²) in [6.07, 6.45) is 1.76. The molecule has 1 aromatic rings. The van der Waals surface area contributed by atoms with Crippen LogP contribution in [0.15, 0.2) is 18.2 Å². The molecule has 0 bridgehead atoms. The molecular formula is C13H16ClN3O3. The van der Waals surface area contributed by atoms with Gasteiger partial charge >= 0.3 is 12.0 Å². The summed E-state index contributed by atoms with van der Waals surface area (Å²) in [6.45, 7) is 1.76. The lowest BCUT2D eigenvalue weighted by Crippen LogP contribution is -2.44. The molecule has 7 heteroatoms. The zero-order valence-electron chi connectivity index (χ0n) is 10.8. The fourth-order valence-corrected chi connectivity index (χ4v) is 2.34. The first-order valence-electron chi connectivity index (χ1n) is 6.37. The standard InChI is InChI=1S/C13H16ClN3O3/c14-9-5-8(12(18)19)6-11(7-9)17-13(20)16-10-1-3-15-4-2-10/h5-7,10,15H,1-4H2,(H,18,19)(H2,16,17,20). The number of carboxylic acid groups (broad SMARTS) is 1. The van der Waals surface area contributed by atoms with Gasteiger partial charge in [0.05, 0.1) is 5.56 Å². The number of aromatic carboxylic acids is 1. The van der Waals surface area contributed by atoms with Crippen LogP contribution < -0.4 is 16.0 Å². The van der Waals surface area contributed by atoms with Gasteiger partial charge in [0.2, 0.25) is 0 Å². The lowest BCUT2D eigenvalue weighted by atomic mass is 10.1. The summed E-state index contributed by atoms with van der Waals surface area (Å²) in [5.41, 5.74) is 0.399. The summed E-state index contributed by atoms with van der Waals surface area (Å²) in [5, 5.41) is 17.9. The van der Waals surface area contributed by atoms with Crippen LogP contribution >= 0.6 is 11.6 Å². The van der Waals surface area contributed by atoms with Crippen molar-refractivity contribution in [3.8, 4) is 0 Å². The van der Waals surface area contributed by atoms with Crippen molar-refractivity contribution in [3.63, 3.8) is 0 Å². The Morgan fingerprint density at radius 3 is 2.60 bits per heavy atom. The van der Waals surface area contributed by atoms with Gasteiger partial charge in [0, 0.05) is 16.8 Å². The highest BCUT2D eigenvalue weighted by molar-refractivity contribution is 6.31. The maximum atomic E-state index is 11.8. The van der Waals surface area contributed by atoms with E-state index < -0.39 is 5.97 Å². The molecule has 0 saturated carbocycles. The number of hydrogen-bond donors (Lipinski definition) is 4. The van der Waals surface area contributed by atoms with E-state index in [1.165, 1.54) is 18.2 Å². The summed E-state index contributed by atoms with van der Waals surface area (Å²) in [5.74, 6) is -1.09. The van der Waals surface area contributed by atoms with Gasteiger partial charge in [0.1, 0.15) is 0 Å². The van der Waals surface area contributed by atoms with E-state index in [1.807, 2.05) is 0 Å². The molecule has 2 amide bonds. The van der Waals surface area contributed by atoms with Crippen LogP contribution in [0.4, 0.5) is 10.5 Å². The van der Waals surface area contributed by atoms with Gasteiger partial charge in [-0.05, 0) is 44.1 Å². The van der Waals surface area contributed by atoms with Crippen LogP contribution in [0.25, 0.3) is 0 Å². The lowest BCUT2D eigenvalue weighted by molar-refractivity contribution is 0.0697. The first-order valence-corrected chi connectivity index (χ1v) is 6.74. The van der Waals surface area contributed by atoms with Gasteiger partial charge in [-0.3, -0.25) is 0 Å². The van der Waals surface area contributed by atoms with Crippen molar-refractivity contribution in [2.75, 3.05) is 18.4 Å². The minimum Gasteiger partial charge on any atom is -0.478 e. The molecule has 1 heterocycles. The third-order valence-electron chi connectivity index (χ3n) is 3.08. The molecule has 1 fully saturated rings. The number of halogens is 1. The molecule has 0 unspecified atom stereocenters. The van der Waals surface area contributed by atoms with Gasteiger partial charge in [0.15, 0.2) is 0 Å². The smallest absolute Gasteiger partial charge is 0.335 e. The summed E-state index contributed by atoms with van der Waals surface area (Å²) in [6, 6.07) is 4.00. The van der Waals surface area contributed by atoms with E-state index in [0.29, 0.717) is 5.69 Å². The Labute approximate surface area is 121 Å². The van der Waals surface area contributed by atoms with Crippen molar-refractivity contribution in [1.82, 2.24) is 10.6 Å². The normalized spacial score (nSPS) is 15.7. The fraction of sp³-hybridized carbons (Fsp3) is 0.385. The Morgan fingerprint density at radius 1 is 1.25 bits per heavy atom. The van der Waals surface area contributed by atoms with E-state index in [1.54, 1.807) is 0 Å². The highest BCUT2D eigenvalue weighted by Crippen LogP contribution is 2.19. The average molecular weight is 298 g/mol. The van der Waals surface area contributed by atoms with Crippen LogP contribution in [-0.2, 0) is 0 Å². The Bertz CT molecular complexity index is 516. The van der Waals surface area contributed by atoms with Crippen LogP contribution in [0.3, 0.4) is 0 Å². The summed E-state index contributed by atoms with van der Waals surface area (Å²) in [7, 11) is 0. The molecule has 0 aromatic heterocycles. The predicted molar refractivity (Wildman–Crippen MR) is 76.5 cm³/mol. The van der Waals surface area contributed by atoms with Crippen molar-refractivity contribution in [2.45, 2.75) is 18.9 Å². The van der Waals surface area contributed by atoms with Crippen molar-refractivity contribution >= 4 is 29.3 Å². The third-order valence-corrected chi connectivity index (χ3v) is 3.30. The minimum absolute atomic E-state index is 0.0367. The Balaban J connectivity index is 1.98. The van der Waals surface area contributed by atoms with E-state index in [-0.39, 0.29) is 22.7 Å². The number of benzene rings is 1. The molecule has 4 N–H and O–H groups in total. The number of piperidine rings is 1. The molecular weight excluding hydrogens is 282 g/mol. The van der Waals surface area contributed by atoms with Gasteiger partial charge in [0.25, 0.3) is 0 Å². The third kappa shape index (κ3) is 4.11. The SMILES string of the molecule is O=C(Nc1cc(Cl)cc(C(=O)O)c1)NC1CCNCC1. The Hall–Kier alpha value is -1.79. The van der Waals surface area contributed by atoms with Crippen molar-refractivity contribution in [2.24, 2.45) is 0 Å². The first-order chi connectivity index (χ1) is 9.54. The van der Waals surface area contributed by atoms with E-state index in [2.05, 4.69) is 16.0 Å². The molecule has 108 valence electrons. The minimum atomic E-state index is -1.09. The van der Waals surface area contributed by atoms with Crippen molar-refractivity contribution in [1.29, 1.82) is 0 Å². The largest absolute Gasteiger partial charge is 0.478 e. The second-order valence-electron chi connectivity index (χ2n) is 4.66. The second kappa shape index (κ2) is 6.58. The molecule has 6 nitrogen and oxygen atoms in total. The van der Waals surface area contributed by atoms with E-state index in [9.17, 15) is 9.59 Å². The zero-order valence-corrected chi connectivity index (χ0v) is 11.5. The van der Waals surface area contributed by atoms with E-state index in [0.717, 1.165) is 25.9 Å². The van der Waals surface area contributed by atoms with Gasteiger partial charge in [-0.2, -0.15) is 0 Å². The molecule has 0 spiro atoms. The summed E-state index contributed by atoms with van der Waals surface area (Å²) >= 11 is 5.83. The number of rotatable bonds is 3. The van der Waals surface area contributed by atoms with Gasteiger partial charge in [-0.25, -0.2) is 9.59 Å². The van der Waals surface area contributed by atoms with Crippen LogP contribution in [0.2, 0.25) is 5.02 Å². The number of hydrogen-bond acceptors (Lipinski definition) is 3. The van der Waals surface area contributed by atoms with Gasteiger partial charge in [-0.1, -0.05) is 11.6 Å². The number of carbonyl (C=O) groups is 2. The van der Waals surface area contributed by atoms with Crippen LogP contribution in [0, 0.1) is 0 Å². The van der Waals surface area contributed by atoms with E-state index in [4.69, 9.17) is 16.7 Å². The van der Waals surface area contributed by atoms with Crippen LogP contribution in [0.5, 0.6) is 0 Å². The number of carbonyl (C=O) groups excluding carboxylic acids is 1. The van der Waals surface area contributed by atoms with Crippen molar-refractivity contribution in [3.05, 3.63) is 28.8 Å². The maximum absolute atomic E-state index is 11.8. The molecule has 0 aliphatic carbocycles. The number of nitrogens with one attached hydrogen (secondary N) is 3. The molecule has 1 aliphatic heterocycles. The number of carboxylic acids is 1. The predicted octanol–water partition coefficient (Wildman–Crippen LogP) is 1.91. The summed E-state index contributed by atoms with van der Waals surface area (Å²) < 4.78 is 0. The highest BCUT2D eigenvalue weighted by atomic mass is 35.5. The van der Waals surface area contributed by atoms with Crippen LogP contribution in [0.1, 0.15) is 23.2 Å². The molecule has 1 aliphatic rings. The molecule has 2 rings (SSSR count). The molecule has 20 heavy (non-hydrogen) atoms. The number of amides is 2. The van der Waals surface area contributed by atoms with Gasteiger partial charge in [-0.15, -0.1) is 0 Å². The summed E-state index contributed by atoms with van der Waals surface area (Å²) in [4.78, 5) is 22.8. The molecule has 0 radical (unpaired) electrons. The highest BCUT2D eigenvalue weighted by Gasteiger charge is 2.15. The number of anilines is 1. The fourth-order valence-electron chi connectivity index (χ4n) is 2.10. The zero-order chi connectivity index (χ0) is 14.5. The molecule has 1 aromatic carbocycles. The second-order valence-corrected chi connectivity index (χ2v) is 5.09. The first kappa shape index (κ1) is 14.6. The quantitative estimate of drug-likeness (QED) is 0.686. The van der Waals surface area contributed by atoms with Crippen LogP contribution in [-0.4, -0.2) is 36.2 Å². The Kier molecular flexibility index (Phi) is 4.81. The molecule has 1 saturated heterocycles. The molecule has 0 atom stereocenters. The topological polar surface area (TPSA) is 90.5 Å². The van der Waals surface area contributed by atoms with E-state index >= 15 is 0 Å². The number of urea groups is 1. The lowest BCUT2D eigenvalue weighted by Gasteiger charge is -2.23. The van der Waals surface area contributed by atoms with Crippen molar-refractivity contribution < 1.29 is 14.7 Å². The monoisotopic (exact) mass is 297 g/mol. The average Bonchev–Trinajstić information content (AvgIpc) is 2.38. The van der Waals surface area contributed by atoms with Gasteiger partial charge < -0.3 is 21.1 Å². The maximum Gasteiger partial charge on any atom is 0.335 e.